The van der Waals surface area contributed by atoms with Crippen LogP contribution in [-0.4, -0.2) is 47.2 Å². The van der Waals surface area contributed by atoms with E-state index in [2.05, 4.69) is 19.2 Å². The van der Waals surface area contributed by atoms with Crippen molar-refractivity contribution in [1.29, 1.82) is 0 Å². The van der Waals surface area contributed by atoms with E-state index < -0.39 is 6.10 Å². The number of carbonyl (C=O) groups excluding carboxylic acids is 1. The van der Waals surface area contributed by atoms with Gasteiger partial charge in [-0.15, -0.1) is 0 Å². The zero-order valence-electron chi connectivity index (χ0n) is 11.7. The second kappa shape index (κ2) is 4.94. The lowest BCUT2D eigenvalue weighted by molar-refractivity contribution is -0.143. The maximum Gasteiger partial charge on any atom is 0.251 e. The van der Waals surface area contributed by atoms with Gasteiger partial charge in [0.2, 0.25) is 0 Å². The summed E-state index contributed by atoms with van der Waals surface area (Å²) in [4.78, 5) is 13.9. The number of nitrogens with one attached hydrogen (secondary N) is 1. The van der Waals surface area contributed by atoms with Gasteiger partial charge in [0.1, 0.15) is 6.10 Å². The summed E-state index contributed by atoms with van der Waals surface area (Å²) >= 11 is 0. The van der Waals surface area contributed by atoms with Gasteiger partial charge < -0.3 is 15.3 Å². The molecule has 4 heteroatoms. The van der Waals surface area contributed by atoms with Gasteiger partial charge in [0, 0.05) is 25.2 Å². The summed E-state index contributed by atoms with van der Waals surface area (Å²) in [5.41, 5.74) is -0.0893. The summed E-state index contributed by atoms with van der Waals surface area (Å²) < 4.78 is 0. The summed E-state index contributed by atoms with van der Waals surface area (Å²) in [5.74, 6) is -0.130. The fraction of sp³-hybridized carbons (Fsp3) is 0.923. The molecule has 0 saturated carbocycles. The second-order valence-corrected chi connectivity index (χ2v) is 6.85. The van der Waals surface area contributed by atoms with Gasteiger partial charge in [-0.3, -0.25) is 4.79 Å². The van der Waals surface area contributed by atoms with E-state index in [1.165, 1.54) is 0 Å². The zero-order valence-corrected chi connectivity index (χ0v) is 11.7. The Hall–Kier alpha value is -0.610. The van der Waals surface area contributed by atoms with E-state index in [9.17, 15) is 9.90 Å². The van der Waals surface area contributed by atoms with Crippen LogP contribution >= 0.6 is 0 Å². The number of carbonyl (C=O) groups is 1. The molecule has 0 unspecified atom stereocenters. The van der Waals surface area contributed by atoms with Crippen LogP contribution in [-0.2, 0) is 4.79 Å². The van der Waals surface area contributed by atoms with Crippen molar-refractivity contribution in [3.63, 3.8) is 0 Å². The minimum atomic E-state index is -0.871. The Morgan fingerprint density at radius 1 is 1.47 bits per heavy atom. The van der Waals surface area contributed by atoms with Crippen molar-refractivity contribution in [1.82, 2.24) is 10.2 Å². The highest BCUT2D eigenvalue weighted by atomic mass is 16.3. The van der Waals surface area contributed by atoms with Crippen molar-refractivity contribution in [2.24, 2.45) is 5.41 Å². The Morgan fingerprint density at radius 2 is 2.06 bits per heavy atom. The van der Waals surface area contributed by atoms with Crippen LogP contribution in [0.5, 0.6) is 0 Å². The lowest BCUT2D eigenvalue weighted by atomic mass is 9.88. The van der Waals surface area contributed by atoms with E-state index in [-0.39, 0.29) is 16.9 Å². The third kappa shape index (κ3) is 4.64. The Labute approximate surface area is 104 Å². The Morgan fingerprint density at radius 3 is 2.53 bits per heavy atom. The van der Waals surface area contributed by atoms with Crippen LogP contribution in [0, 0.1) is 5.41 Å². The predicted molar refractivity (Wildman–Crippen MR) is 68.7 cm³/mol. The SMILES string of the molecule is CC(C)(C)C[C@@H](O)C(=O)N1CCNC(C)(C)C1. The van der Waals surface area contributed by atoms with E-state index in [0.29, 0.717) is 19.5 Å². The van der Waals surface area contributed by atoms with Crippen LogP contribution in [0.25, 0.3) is 0 Å². The van der Waals surface area contributed by atoms with Gasteiger partial charge in [0.05, 0.1) is 0 Å². The summed E-state index contributed by atoms with van der Waals surface area (Å²) in [6.07, 6.45) is -0.361. The lowest BCUT2D eigenvalue weighted by Gasteiger charge is -2.40. The van der Waals surface area contributed by atoms with Crippen LogP contribution in [0.15, 0.2) is 0 Å². The molecule has 0 aromatic carbocycles. The van der Waals surface area contributed by atoms with Gasteiger partial charge in [-0.25, -0.2) is 0 Å². The molecule has 1 atom stereocenters. The fourth-order valence-corrected chi connectivity index (χ4v) is 2.21. The number of aliphatic hydroxyl groups excluding tert-OH is 1. The smallest absolute Gasteiger partial charge is 0.251 e. The van der Waals surface area contributed by atoms with Crippen LogP contribution in [0.3, 0.4) is 0 Å². The molecule has 1 heterocycles. The van der Waals surface area contributed by atoms with Gasteiger partial charge >= 0.3 is 0 Å². The summed E-state index contributed by atoms with van der Waals surface area (Å²) in [7, 11) is 0. The third-order valence-corrected chi connectivity index (χ3v) is 2.97. The zero-order chi connectivity index (χ0) is 13.3. The Kier molecular flexibility index (Phi) is 4.20. The first-order valence-electron chi connectivity index (χ1n) is 6.33. The number of rotatable bonds is 2. The van der Waals surface area contributed by atoms with Crippen LogP contribution < -0.4 is 5.32 Å². The predicted octanol–water partition coefficient (Wildman–Crippen LogP) is 0.994. The molecule has 0 spiro atoms. The molecule has 0 aromatic heterocycles. The molecule has 1 rings (SSSR count). The fourth-order valence-electron chi connectivity index (χ4n) is 2.21. The normalized spacial score (nSPS) is 22.4. The first kappa shape index (κ1) is 14.5. The Bertz CT molecular complexity index is 282. The minimum Gasteiger partial charge on any atom is -0.383 e. The molecule has 0 radical (unpaired) electrons. The van der Waals surface area contributed by atoms with Gasteiger partial charge in [0.15, 0.2) is 0 Å². The van der Waals surface area contributed by atoms with Crippen LogP contribution in [0.2, 0.25) is 0 Å². The largest absolute Gasteiger partial charge is 0.383 e. The van der Waals surface area contributed by atoms with E-state index in [1.54, 1.807) is 4.90 Å². The van der Waals surface area contributed by atoms with Gasteiger partial charge in [0.25, 0.3) is 5.91 Å². The molecule has 0 aliphatic carbocycles. The molecule has 1 fully saturated rings. The quantitative estimate of drug-likeness (QED) is 0.759. The number of amides is 1. The molecule has 1 saturated heterocycles. The molecule has 1 amide bonds. The molecular formula is C13H26N2O2. The topological polar surface area (TPSA) is 52.6 Å². The van der Waals surface area contributed by atoms with Crippen molar-refractivity contribution in [3.8, 4) is 0 Å². The average Bonchev–Trinajstić information content (AvgIpc) is 2.12. The number of piperazine rings is 1. The molecular weight excluding hydrogens is 216 g/mol. The monoisotopic (exact) mass is 242 g/mol. The van der Waals surface area contributed by atoms with Crippen molar-refractivity contribution < 1.29 is 9.90 Å². The number of nitrogens with zero attached hydrogens (tertiary/aromatic N) is 1. The summed E-state index contributed by atoms with van der Waals surface area (Å²) in [6, 6.07) is 0. The summed E-state index contributed by atoms with van der Waals surface area (Å²) in [5, 5.41) is 13.3. The van der Waals surface area contributed by atoms with Gasteiger partial charge in [-0.2, -0.15) is 0 Å². The van der Waals surface area contributed by atoms with Crippen molar-refractivity contribution >= 4 is 5.91 Å². The van der Waals surface area contributed by atoms with E-state index in [4.69, 9.17) is 0 Å². The van der Waals surface area contributed by atoms with Crippen LogP contribution in [0.1, 0.15) is 41.0 Å². The molecule has 0 aromatic rings. The van der Waals surface area contributed by atoms with E-state index in [1.807, 2.05) is 20.8 Å². The molecule has 4 nitrogen and oxygen atoms in total. The maximum atomic E-state index is 12.1. The lowest BCUT2D eigenvalue weighted by Crippen LogP contribution is -2.60. The van der Waals surface area contributed by atoms with Gasteiger partial charge in [-0.05, 0) is 25.7 Å². The van der Waals surface area contributed by atoms with Crippen molar-refractivity contribution in [2.45, 2.75) is 52.7 Å². The highest BCUT2D eigenvalue weighted by molar-refractivity contribution is 5.81. The molecule has 2 N–H and O–H groups in total. The van der Waals surface area contributed by atoms with E-state index >= 15 is 0 Å². The molecule has 1 aliphatic heterocycles. The standard InChI is InChI=1S/C13H26N2O2/c1-12(2,3)8-10(16)11(17)15-7-6-14-13(4,5)9-15/h10,14,16H,6-9H2,1-5H3/t10-/m1/s1. The second-order valence-electron chi connectivity index (χ2n) is 6.85. The third-order valence-electron chi connectivity index (χ3n) is 2.97. The van der Waals surface area contributed by atoms with E-state index in [0.717, 1.165) is 6.54 Å². The summed E-state index contributed by atoms with van der Waals surface area (Å²) in [6.45, 7) is 12.4. The molecule has 1 aliphatic rings. The molecule has 0 bridgehead atoms. The minimum absolute atomic E-state index is 0.0291. The first-order chi connectivity index (χ1) is 7.61. The highest BCUT2D eigenvalue weighted by Gasteiger charge is 2.32. The van der Waals surface area contributed by atoms with Crippen molar-refractivity contribution in [2.75, 3.05) is 19.6 Å². The molecule has 100 valence electrons. The average molecular weight is 242 g/mol. The van der Waals surface area contributed by atoms with Crippen molar-refractivity contribution in [3.05, 3.63) is 0 Å². The molecule has 17 heavy (non-hydrogen) atoms. The number of aliphatic hydroxyl groups is 1. The van der Waals surface area contributed by atoms with Crippen LogP contribution in [0.4, 0.5) is 0 Å². The number of hydrogen-bond acceptors (Lipinski definition) is 3. The maximum absolute atomic E-state index is 12.1. The first-order valence-corrected chi connectivity index (χ1v) is 6.33. The Balaban J connectivity index is 2.57. The van der Waals surface area contributed by atoms with Gasteiger partial charge in [-0.1, -0.05) is 20.8 Å². The highest BCUT2D eigenvalue weighted by Crippen LogP contribution is 2.22. The number of hydrogen-bond donors (Lipinski definition) is 2.